The Morgan fingerprint density at radius 3 is 2.33 bits per heavy atom. The summed E-state index contributed by atoms with van der Waals surface area (Å²) < 4.78 is 0. The predicted molar refractivity (Wildman–Crippen MR) is 146 cm³/mol. The van der Waals surface area contributed by atoms with Crippen molar-refractivity contribution in [1.82, 2.24) is 10.2 Å². The third kappa shape index (κ3) is 7.20. The highest BCUT2D eigenvalue weighted by Gasteiger charge is 2.32. The number of nitrogens with one attached hydrogen (secondary N) is 1. The molecule has 0 aliphatic heterocycles. The Balaban J connectivity index is 1.66. The van der Waals surface area contributed by atoms with Gasteiger partial charge >= 0.3 is 0 Å². The zero-order chi connectivity index (χ0) is 25.3. The maximum atomic E-state index is 13.9. The van der Waals surface area contributed by atoms with E-state index in [1.165, 1.54) is 6.42 Å². The van der Waals surface area contributed by atoms with Gasteiger partial charge in [-0.15, -0.1) is 0 Å². The van der Waals surface area contributed by atoms with Crippen molar-refractivity contribution in [1.29, 1.82) is 0 Å². The standard InChI is InChI=1S/C31H35ClN2O2/c1-23-11-10-14-25(19-23)22-34(30(35)21-26-15-8-9-18-28(26)32)29(20-24-12-4-2-5-13-24)31(36)33-27-16-6-3-7-17-27/h2,4-5,8-15,18-19,27,29H,3,6-7,16-17,20-22H2,1H3,(H,33,36). The largest absolute Gasteiger partial charge is 0.352 e. The highest BCUT2D eigenvalue weighted by Crippen LogP contribution is 2.22. The van der Waals surface area contributed by atoms with Crippen molar-refractivity contribution in [3.05, 3.63) is 106 Å². The van der Waals surface area contributed by atoms with E-state index in [1.807, 2.05) is 73.7 Å². The van der Waals surface area contributed by atoms with Crippen LogP contribution in [0.15, 0.2) is 78.9 Å². The monoisotopic (exact) mass is 502 g/mol. The molecule has 4 rings (SSSR count). The first-order valence-electron chi connectivity index (χ1n) is 12.9. The Hall–Kier alpha value is -3.11. The summed E-state index contributed by atoms with van der Waals surface area (Å²) in [6.45, 7) is 2.40. The summed E-state index contributed by atoms with van der Waals surface area (Å²) in [5, 5.41) is 3.85. The molecule has 0 heterocycles. The predicted octanol–water partition coefficient (Wildman–Crippen LogP) is 6.28. The maximum Gasteiger partial charge on any atom is 0.243 e. The fourth-order valence-electron chi connectivity index (χ4n) is 5.01. The molecule has 188 valence electrons. The summed E-state index contributed by atoms with van der Waals surface area (Å²) >= 11 is 6.40. The quantitative estimate of drug-likeness (QED) is 0.374. The molecule has 0 bridgehead atoms. The van der Waals surface area contributed by atoms with Crippen molar-refractivity contribution < 1.29 is 9.59 Å². The van der Waals surface area contributed by atoms with E-state index < -0.39 is 6.04 Å². The molecular weight excluding hydrogens is 468 g/mol. The number of amides is 2. The molecule has 3 aromatic rings. The second-order valence-corrected chi connectivity index (χ2v) is 10.2. The van der Waals surface area contributed by atoms with Gasteiger partial charge in [-0.05, 0) is 42.5 Å². The van der Waals surface area contributed by atoms with Crippen molar-refractivity contribution in [3.8, 4) is 0 Å². The molecule has 3 aromatic carbocycles. The number of nitrogens with zero attached hydrogens (tertiary/aromatic N) is 1. The fraction of sp³-hybridized carbons (Fsp3) is 0.355. The van der Waals surface area contributed by atoms with Gasteiger partial charge in [0, 0.05) is 24.0 Å². The Bertz CT molecular complexity index is 1160. The van der Waals surface area contributed by atoms with Gasteiger partial charge in [0.15, 0.2) is 0 Å². The van der Waals surface area contributed by atoms with Crippen LogP contribution >= 0.6 is 11.6 Å². The lowest BCUT2D eigenvalue weighted by Gasteiger charge is -2.33. The summed E-state index contributed by atoms with van der Waals surface area (Å²) in [6.07, 6.45) is 6.08. The lowest BCUT2D eigenvalue weighted by Crippen LogP contribution is -2.53. The van der Waals surface area contributed by atoms with E-state index in [9.17, 15) is 9.59 Å². The first kappa shape index (κ1) is 26.0. The molecular formula is C31H35ClN2O2. The van der Waals surface area contributed by atoms with Crippen LogP contribution < -0.4 is 5.32 Å². The summed E-state index contributed by atoms with van der Waals surface area (Å²) in [7, 11) is 0. The normalized spacial score (nSPS) is 14.7. The third-order valence-electron chi connectivity index (χ3n) is 6.96. The first-order valence-corrected chi connectivity index (χ1v) is 13.3. The molecule has 0 aromatic heterocycles. The maximum absolute atomic E-state index is 13.9. The Kier molecular flexibility index (Phi) is 9.18. The molecule has 2 amide bonds. The average Bonchev–Trinajstić information content (AvgIpc) is 2.88. The molecule has 1 atom stereocenters. The van der Waals surface area contributed by atoms with Gasteiger partial charge in [-0.25, -0.2) is 0 Å². The van der Waals surface area contributed by atoms with Crippen LogP contribution in [0.3, 0.4) is 0 Å². The van der Waals surface area contributed by atoms with E-state index in [0.29, 0.717) is 18.0 Å². The second-order valence-electron chi connectivity index (χ2n) is 9.83. The first-order chi connectivity index (χ1) is 17.5. The molecule has 5 heteroatoms. The van der Waals surface area contributed by atoms with E-state index in [4.69, 9.17) is 11.6 Å². The Morgan fingerprint density at radius 2 is 1.61 bits per heavy atom. The molecule has 4 nitrogen and oxygen atoms in total. The van der Waals surface area contributed by atoms with Crippen molar-refractivity contribution in [2.24, 2.45) is 0 Å². The summed E-state index contributed by atoms with van der Waals surface area (Å²) in [5.74, 6) is -0.185. The zero-order valence-corrected chi connectivity index (χ0v) is 21.7. The van der Waals surface area contributed by atoms with Crippen LogP contribution in [0, 0.1) is 6.92 Å². The molecule has 0 spiro atoms. The van der Waals surface area contributed by atoms with Gasteiger partial charge in [0.25, 0.3) is 0 Å². The molecule has 0 radical (unpaired) electrons. The van der Waals surface area contributed by atoms with Crippen molar-refractivity contribution >= 4 is 23.4 Å². The van der Waals surface area contributed by atoms with E-state index in [2.05, 4.69) is 11.4 Å². The van der Waals surface area contributed by atoms with Gasteiger partial charge in [-0.1, -0.05) is 109 Å². The minimum absolute atomic E-state index is 0.0779. The van der Waals surface area contributed by atoms with Crippen LogP contribution in [0.25, 0.3) is 0 Å². The molecule has 1 aliphatic rings. The van der Waals surface area contributed by atoms with Crippen molar-refractivity contribution in [3.63, 3.8) is 0 Å². The van der Waals surface area contributed by atoms with Gasteiger partial charge in [0.05, 0.1) is 6.42 Å². The van der Waals surface area contributed by atoms with E-state index in [-0.39, 0.29) is 24.3 Å². The van der Waals surface area contributed by atoms with Crippen LogP contribution in [0.5, 0.6) is 0 Å². The average molecular weight is 503 g/mol. The lowest BCUT2D eigenvalue weighted by molar-refractivity contribution is -0.141. The molecule has 1 N–H and O–H groups in total. The molecule has 0 saturated heterocycles. The molecule has 1 saturated carbocycles. The van der Waals surface area contributed by atoms with Crippen molar-refractivity contribution in [2.45, 2.75) is 70.5 Å². The minimum atomic E-state index is -0.621. The number of benzene rings is 3. The Morgan fingerprint density at radius 1 is 0.917 bits per heavy atom. The van der Waals surface area contributed by atoms with Crippen LogP contribution in [-0.2, 0) is 29.0 Å². The van der Waals surface area contributed by atoms with E-state index >= 15 is 0 Å². The summed E-state index contributed by atoms with van der Waals surface area (Å²) in [5.41, 5.74) is 3.92. The number of carbonyl (C=O) groups is 2. The number of halogens is 1. The third-order valence-corrected chi connectivity index (χ3v) is 7.33. The molecule has 1 unspecified atom stereocenters. The van der Waals surface area contributed by atoms with Crippen LogP contribution in [-0.4, -0.2) is 28.8 Å². The van der Waals surface area contributed by atoms with Gasteiger partial charge in [0.2, 0.25) is 11.8 Å². The number of aryl methyl sites for hydroxylation is 1. The van der Waals surface area contributed by atoms with E-state index in [0.717, 1.165) is 47.9 Å². The second kappa shape index (κ2) is 12.7. The SMILES string of the molecule is Cc1cccc(CN(C(=O)Cc2ccccc2Cl)C(Cc2ccccc2)C(=O)NC2CCCCC2)c1. The number of hydrogen-bond acceptors (Lipinski definition) is 2. The summed E-state index contributed by atoms with van der Waals surface area (Å²) in [4.78, 5) is 29.4. The Labute approximate surface area is 219 Å². The molecule has 1 fully saturated rings. The number of rotatable bonds is 9. The molecule has 36 heavy (non-hydrogen) atoms. The zero-order valence-electron chi connectivity index (χ0n) is 21.0. The van der Waals surface area contributed by atoms with Crippen LogP contribution in [0.1, 0.15) is 54.4 Å². The highest BCUT2D eigenvalue weighted by molar-refractivity contribution is 6.31. The van der Waals surface area contributed by atoms with Crippen LogP contribution in [0.2, 0.25) is 5.02 Å². The number of hydrogen-bond donors (Lipinski definition) is 1. The van der Waals surface area contributed by atoms with Gasteiger partial charge in [0.1, 0.15) is 6.04 Å². The highest BCUT2D eigenvalue weighted by atomic mass is 35.5. The van der Waals surface area contributed by atoms with Gasteiger partial charge < -0.3 is 10.2 Å². The fourth-order valence-corrected chi connectivity index (χ4v) is 5.21. The lowest BCUT2D eigenvalue weighted by atomic mass is 9.94. The smallest absolute Gasteiger partial charge is 0.243 e. The van der Waals surface area contributed by atoms with Crippen LogP contribution in [0.4, 0.5) is 0 Å². The van der Waals surface area contributed by atoms with Gasteiger partial charge in [-0.2, -0.15) is 0 Å². The van der Waals surface area contributed by atoms with E-state index in [1.54, 1.807) is 11.0 Å². The summed E-state index contributed by atoms with van der Waals surface area (Å²) in [6, 6.07) is 25.0. The topological polar surface area (TPSA) is 49.4 Å². The molecule has 1 aliphatic carbocycles. The minimum Gasteiger partial charge on any atom is -0.352 e. The van der Waals surface area contributed by atoms with Crippen molar-refractivity contribution in [2.75, 3.05) is 0 Å². The number of carbonyl (C=O) groups excluding carboxylic acids is 2. The van der Waals surface area contributed by atoms with Gasteiger partial charge in [-0.3, -0.25) is 9.59 Å².